The molecule has 2 aromatic rings. The highest BCUT2D eigenvalue weighted by Gasteiger charge is 2.34. The average molecular weight is 437 g/mol. The van der Waals surface area contributed by atoms with E-state index in [0.29, 0.717) is 28.4 Å². The van der Waals surface area contributed by atoms with E-state index in [1.807, 2.05) is 0 Å². The lowest BCUT2D eigenvalue weighted by Gasteiger charge is -2.34. The van der Waals surface area contributed by atoms with E-state index in [1.54, 1.807) is 18.2 Å². The molecule has 9 heteroatoms. The zero-order chi connectivity index (χ0) is 21.3. The van der Waals surface area contributed by atoms with Gasteiger partial charge in [-0.05, 0) is 43.2 Å². The minimum atomic E-state index is -4.44. The van der Waals surface area contributed by atoms with Crippen LogP contribution in [0.3, 0.4) is 0 Å². The molecule has 0 aromatic heterocycles. The number of likely N-dealkylation sites (tertiary alicyclic amines) is 1. The summed E-state index contributed by atoms with van der Waals surface area (Å²) >= 11 is 1.24. The van der Waals surface area contributed by atoms with Gasteiger partial charge in [0.05, 0.1) is 22.6 Å². The number of nitrogens with one attached hydrogen (secondary N) is 2. The van der Waals surface area contributed by atoms with Gasteiger partial charge < -0.3 is 21.3 Å². The number of hydrogen-bond acceptors (Lipinski definition) is 6. The van der Waals surface area contributed by atoms with E-state index in [9.17, 15) is 18.0 Å². The van der Waals surface area contributed by atoms with Crippen molar-refractivity contribution in [3.05, 3.63) is 41.5 Å². The van der Waals surface area contributed by atoms with Gasteiger partial charge in [-0.25, -0.2) is 0 Å². The number of fused-ring (bicyclic) bond motifs is 2. The van der Waals surface area contributed by atoms with Gasteiger partial charge in [0.25, 0.3) is 0 Å². The molecule has 0 aliphatic carbocycles. The van der Waals surface area contributed by atoms with Crippen LogP contribution in [-0.4, -0.2) is 43.4 Å². The number of carbonyl (C=O) groups excluding carboxylic acids is 1. The Bertz CT molecular complexity index is 943. The van der Waals surface area contributed by atoms with E-state index in [0.717, 1.165) is 49.3 Å². The molecule has 0 saturated carbocycles. The van der Waals surface area contributed by atoms with Crippen molar-refractivity contribution >= 4 is 35.1 Å². The van der Waals surface area contributed by atoms with Gasteiger partial charge in [-0.1, -0.05) is 11.8 Å². The molecule has 2 heterocycles. The molecule has 0 atom stereocenters. The highest BCUT2D eigenvalue weighted by Crippen LogP contribution is 2.49. The second-order valence-electron chi connectivity index (χ2n) is 7.54. The van der Waals surface area contributed by atoms with Crippen LogP contribution in [0.25, 0.3) is 0 Å². The summed E-state index contributed by atoms with van der Waals surface area (Å²) < 4.78 is 40.6. The third-order valence-electron chi connectivity index (χ3n) is 5.44. The zero-order valence-corrected chi connectivity index (χ0v) is 17.1. The number of nitrogens with zero attached hydrogens (tertiary/aromatic N) is 1. The average Bonchev–Trinajstić information content (AvgIpc) is 2.72. The Hall–Kier alpha value is -2.23. The monoisotopic (exact) mass is 436 g/mol. The number of benzene rings is 2. The quantitative estimate of drug-likeness (QED) is 0.510. The molecule has 0 spiro atoms. The maximum absolute atomic E-state index is 13.5. The highest BCUT2D eigenvalue weighted by molar-refractivity contribution is 7.99. The first-order valence-electron chi connectivity index (χ1n) is 9.85. The minimum absolute atomic E-state index is 0.0947. The van der Waals surface area contributed by atoms with Crippen LogP contribution in [0.15, 0.2) is 40.1 Å². The Morgan fingerprint density at radius 1 is 1.20 bits per heavy atom. The molecule has 0 amide bonds. The largest absolute Gasteiger partial charge is 0.416 e. The third-order valence-corrected chi connectivity index (χ3v) is 6.54. The summed E-state index contributed by atoms with van der Waals surface area (Å²) in [6.07, 6.45) is -2.02. The van der Waals surface area contributed by atoms with Crippen molar-refractivity contribution in [2.45, 2.75) is 34.9 Å². The van der Waals surface area contributed by atoms with E-state index >= 15 is 0 Å². The van der Waals surface area contributed by atoms with Crippen molar-refractivity contribution in [2.75, 3.05) is 36.8 Å². The Balaban J connectivity index is 1.63. The van der Waals surface area contributed by atoms with E-state index in [1.165, 1.54) is 23.9 Å². The van der Waals surface area contributed by atoms with Crippen molar-refractivity contribution in [1.82, 2.24) is 4.90 Å². The topological polar surface area (TPSA) is 70.4 Å². The van der Waals surface area contributed by atoms with Crippen LogP contribution in [0.4, 0.5) is 30.2 Å². The predicted octanol–water partition coefficient (Wildman–Crippen LogP) is 4.56. The summed E-state index contributed by atoms with van der Waals surface area (Å²) in [6, 6.07) is 7.60. The van der Waals surface area contributed by atoms with E-state index in [4.69, 9.17) is 5.73 Å². The number of piperidine rings is 1. The fourth-order valence-corrected chi connectivity index (χ4v) is 4.97. The minimum Gasteiger partial charge on any atom is -0.380 e. The predicted molar refractivity (Wildman–Crippen MR) is 113 cm³/mol. The summed E-state index contributed by atoms with van der Waals surface area (Å²) in [5, 5.41) is 6.61. The van der Waals surface area contributed by atoms with E-state index < -0.39 is 11.7 Å². The Labute approximate surface area is 177 Å². The van der Waals surface area contributed by atoms with Gasteiger partial charge in [0, 0.05) is 47.6 Å². The third kappa shape index (κ3) is 4.43. The molecule has 0 unspecified atom stereocenters. The molecule has 4 N–H and O–H groups in total. The van der Waals surface area contributed by atoms with Crippen LogP contribution < -0.4 is 16.4 Å². The Morgan fingerprint density at radius 2 is 1.97 bits per heavy atom. The molecular weight excluding hydrogens is 413 g/mol. The molecule has 0 bridgehead atoms. The second-order valence-corrected chi connectivity index (χ2v) is 8.63. The molecular formula is C21H23F3N4OS. The summed E-state index contributed by atoms with van der Waals surface area (Å²) in [6.45, 7) is 3.18. The summed E-state index contributed by atoms with van der Waals surface area (Å²) in [4.78, 5) is 14.6. The first kappa shape index (κ1) is 21.0. The number of alkyl halides is 3. The first-order chi connectivity index (χ1) is 14.4. The molecule has 2 aliphatic rings. The summed E-state index contributed by atoms with van der Waals surface area (Å²) in [5.41, 5.74) is 7.29. The molecule has 4 rings (SSSR count). The van der Waals surface area contributed by atoms with Gasteiger partial charge in [0.15, 0.2) is 0 Å². The number of nitrogens with two attached hydrogens (primary N) is 1. The Kier molecular flexibility index (Phi) is 5.95. The lowest BCUT2D eigenvalue weighted by Crippen LogP contribution is -2.41. The fraction of sp³-hybridized carbons (Fsp3) is 0.381. The molecule has 5 nitrogen and oxygen atoms in total. The fourth-order valence-electron chi connectivity index (χ4n) is 3.86. The number of anilines is 3. The van der Waals surface area contributed by atoms with Crippen LogP contribution in [-0.2, 0) is 6.18 Å². The lowest BCUT2D eigenvalue weighted by atomic mass is 10.0. The van der Waals surface area contributed by atoms with Crippen LogP contribution in [0.1, 0.15) is 28.8 Å². The van der Waals surface area contributed by atoms with Gasteiger partial charge in [0.1, 0.15) is 6.29 Å². The van der Waals surface area contributed by atoms with Gasteiger partial charge in [0.2, 0.25) is 0 Å². The van der Waals surface area contributed by atoms with Crippen LogP contribution in [0, 0.1) is 0 Å². The van der Waals surface area contributed by atoms with Crippen LogP contribution >= 0.6 is 11.8 Å². The molecule has 0 radical (unpaired) electrons. The Morgan fingerprint density at radius 3 is 2.63 bits per heavy atom. The summed E-state index contributed by atoms with van der Waals surface area (Å²) in [5.74, 6) is 0. The van der Waals surface area contributed by atoms with Crippen LogP contribution in [0.5, 0.6) is 0 Å². The zero-order valence-electron chi connectivity index (χ0n) is 16.3. The number of carbonyl (C=O) groups is 1. The molecule has 2 aromatic carbocycles. The summed E-state index contributed by atoms with van der Waals surface area (Å²) in [7, 11) is 0. The number of halogens is 3. The molecule has 2 aliphatic heterocycles. The van der Waals surface area contributed by atoms with Crippen molar-refractivity contribution in [2.24, 2.45) is 5.73 Å². The SMILES string of the molecule is NCCN1CCC(Nc2cc(C(F)(F)F)cc3c2Nc2ccc(C=O)cc2S3)CC1. The molecule has 1 fully saturated rings. The maximum atomic E-state index is 13.5. The van der Waals surface area contributed by atoms with Crippen molar-refractivity contribution in [3.63, 3.8) is 0 Å². The molecule has 30 heavy (non-hydrogen) atoms. The standard InChI is InChI=1S/C21H23F3N4OS/c22-21(23,24)14-10-17(26-15-3-6-28(7-4-15)8-5-25)20-19(11-14)30-18-9-13(12-29)1-2-16(18)27-20/h1-2,9-12,15,26-27H,3-8,25H2. The van der Waals surface area contributed by atoms with Gasteiger partial charge >= 0.3 is 6.18 Å². The smallest absolute Gasteiger partial charge is 0.380 e. The van der Waals surface area contributed by atoms with Gasteiger partial charge in [-0.2, -0.15) is 13.2 Å². The maximum Gasteiger partial charge on any atom is 0.416 e. The van der Waals surface area contributed by atoms with Crippen molar-refractivity contribution in [1.29, 1.82) is 0 Å². The second kappa shape index (κ2) is 8.49. The van der Waals surface area contributed by atoms with Crippen molar-refractivity contribution in [3.8, 4) is 0 Å². The first-order valence-corrected chi connectivity index (χ1v) is 10.7. The van der Waals surface area contributed by atoms with E-state index in [2.05, 4.69) is 15.5 Å². The van der Waals surface area contributed by atoms with Crippen molar-refractivity contribution < 1.29 is 18.0 Å². The number of rotatable bonds is 5. The normalized spacial score (nSPS) is 17.1. The molecule has 160 valence electrons. The molecule has 1 saturated heterocycles. The van der Waals surface area contributed by atoms with Gasteiger partial charge in [-0.15, -0.1) is 0 Å². The van der Waals surface area contributed by atoms with Gasteiger partial charge in [-0.3, -0.25) is 4.79 Å². The highest BCUT2D eigenvalue weighted by atomic mass is 32.2. The van der Waals surface area contributed by atoms with Crippen LogP contribution in [0.2, 0.25) is 0 Å². The number of hydrogen-bond donors (Lipinski definition) is 3. The number of aldehydes is 1. The lowest BCUT2D eigenvalue weighted by molar-refractivity contribution is -0.137. The van der Waals surface area contributed by atoms with E-state index in [-0.39, 0.29) is 6.04 Å².